The van der Waals surface area contributed by atoms with Gasteiger partial charge in [-0.2, -0.15) is 4.98 Å². The van der Waals surface area contributed by atoms with Crippen molar-refractivity contribution in [2.75, 3.05) is 19.6 Å². The zero-order valence-corrected chi connectivity index (χ0v) is 20.9. The van der Waals surface area contributed by atoms with Crippen molar-refractivity contribution in [3.63, 3.8) is 0 Å². The first kappa shape index (κ1) is 24.0. The Labute approximate surface area is 211 Å². The van der Waals surface area contributed by atoms with Crippen molar-refractivity contribution in [1.82, 2.24) is 19.9 Å². The molecule has 0 bridgehead atoms. The highest BCUT2D eigenvalue weighted by molar-refractivity contribution is 5.89. The highest BCUT2D eigenvalue weighted by Crippen LogP contribution is 2.29. The molecule has 0 saturated carbocycles. The van der Waals surface area contributed by atoms with Gasteiger partial charge in [0.15, 0.2) is 12.4 Å². The molecule has 2 aromatic carbocycles. The normalized spacial score (nSPS) is 18.6. The first-order valence-corrected chi connectivity index (χ1v) is 12.6. The Kier molecular flexibility index (Phi) is 7.02. The summed E-state index contributed by atoms with van der Waals surface area (Å²) in [4.78, 5) is 33.9. The number of ether oxygens (including phenoxy) is 1. The molecule has 8 heteroatoms. The van der Waals surface area contributed by atoms with Gasteiger partial charge in [0.25, 0.3) is 5.89 Å². The summed E-state index contributed by atoms with van der Waals surface area (Å²) in [5.74, 6) is 1.89. The fourth-order valence-electron chi connectivity index (χ4n) is 4.89. The Hall–Kier alpha value is -3.68. The van der Waals surface area contributed by atoms with Gasteiger partial charge in [-0.25, -0.2) is 0 Å². The van der Waals surface area contributed by atoms with E-state index in [0.717, 1.165) is 24.2 Å². The number of hydrogen-bond donors (Lipinski definition) is 0. The molecule has 1 atom stereocenters. The second-order valence-electron chi connectivity index (χ2n) is 9.91. The lowest BCUT2D eigenvalue weighted by Crippen LogP contribution is -2.42. The number of rotatable bonds is 7. The first-order chi connectivity index (χ1) is 17.4. The average molecular weight is 489 g/mol. The van der Waals surface area contributed by atoms with Crippen LogP contribution in [0.25, 0.3) is 0 Å². The summed E-state index contributed by atoms with van der Waals surface area (Å²) < 4.78 is 11.1. The molecule has 0 aliphatic carbocycles. The Morgan fingerprint density at radius 3 is 2.39 bits per heavy atom. The second-order valence-corrected chi connectivity index (χ2v) is 9.91. The second kappa shape index (κ2) is 10.5. The Bertz CT molecular complexity index is 1200. The van der Waals surface area contributed by atoms with Crippen LogP contribution in [0.3, 0.4) is 0 Å². The highest BCUT2D eigenvalue weighted by atomic mass is 16.5. The largest absolute Gasteiger partial charge is 0.484 e. The van der Waals surface area contributed by atoms with E-state index in [1.54, 1.807) is 4.90 Å². The summed E-state index contributed by atoms with van der Waals surface area (Å²) in [7, 11) is 0. The molecule has 188 valence electrons. The molecule has 0 radical (unpaired) electrons. The van der Waals surface area contributed by atoms with Crippen molar-refractivity contribution < 1.29 is 18.8 Å². The molecule has 2 aliphatic heterocycles. The van der Waals surface area contributed by atoms with Crippen LogP contribution >= 0.6 is 0 Å². The summed E-state index contributed by atoms with van der Waals surface area (Å²) in [6, 6.07) is 16.0. The highest BCUT2D eigenvalue weighted by Gasteiger charge is 2.38. The Balaban J connectivity index is 1.10. The quantitative estimate of drug-likeness (QED) is 0.499. The van der Waals surface area contributed by atoms with Crippen LogP contribution in [0.2, 0.25) is 0 Å². The van der Waals surface area contributed by atoms with Gasteiger partial charge in [-0.3, -0.25) is 9.59 Å². The summed E-state index contributed by atoms with van der Waals surface area (Å²) in [6.45, 7) is 6.61. The lowest BCUT2D eigenvalue weighted by molar-refractivity contribution is -0.136. The van der Waals surface area contributed by atoms with Crippen LogP contribution in [0, 0.1) is 19.8 Å². The monoisotopic (exact) mass is 488 g/mol. The molecule has 1 aromatic heterocycles. The van der Waals surface area contributed by atoms with E-state index in [-0.39, 0.29) is 30.3 Å². The molecule has 3 aromatic rings. The van der Waals surface area contributed by atoms with E-state index in [4.69, 9.17) is 9.26 Å². The molecule has 2 amide bonds. The smallest absolute Gasteiger partial charge is 0.264 e. The van der Waals surface area contributed by atoms with Crippen LogP contribution in [0.4, 0.5) is 0 Å². The van der Waals surface area contributed by atoms with Gasteiger partial charge in [0, 0.05) is 38.5 Å². The topological polar surface area (TPSA) is 88.8 Å². The third-order valence-electron chi connectivity index (χ3n) is 7.10. The number of likely N-dealkylation sites (tertiary alicyclic amines) is 2. The molecular weight excluding hydrogens is 456 g/mol. The van der Waals surface area contributed by atoms with Gasteiger partial charge in [-0.05, 0) is 44.4 Å². The minimum atomic E-state index is -0.268. The predicted molar refractivity (Wildman–Crippen MR) is 133 cm³/mol. The van der Waals surface area contributed by atoms with Crippen LogP contribution in [0.5, 0.6) is 5.75 Å². The zero-order valence-electron chi connectivity index (χ0n) is 20.9. The number of hydrogen-bond acceptors (Lipinski definition) is 6. The molecule has 36 heavy (non-hydrogen) atoms. The molecule has 1 unspecified atom stereocenters. The van der Waals surface area contributed by atoms with Crippen molar-refractivity contribution in [3.8, 4) is 5.75 Å². The van der Waals surface area contributed by atoms with Gasteiger partial charge in [-0.1, -0.05) is 52.7 Å². The van der Waals surface area contributed by atoms with Crippen molar-refractivity contribution >= 4 is 11.8 Å². The van der Waals surface area contributed by atoms with Gasteiger partial charge in [0.1, 0.15) is 5.75 Å². The van der Waals surface area contributed by atoms with Gasteiger partial charge in [-0.15, -0.1) is 0 Å². The van der Waals surface area contributed by atoms with E-state index in [2.05, 4.69) is 10.1 Å². The lowest BCUT2D eigenvalue weighted by atomic mass is 9.95. The molecule has 3 heterocycles. The van der Waals surface area contributed by atoms with Crippen LogP contribution in [-0.2, 0) is 22.7 Å². The fraction of sp³-hybridized carbons (Fsp3) is 0.429. The molecule has 0 N–H and O–H groups in total. The third kappa shape index (κ3) is 5.58. The van der Waals surface area contributed by atoms with Crippen molar-refractivity contribution in [1.29, 1.82) is 0 Å². The van der Waals surface area contributed by atoms with E-state index in [9.17, 15) is 9.59 Å². The number of carbonyl (C=O) groups excluding carboxylic acids is 2. The summed E-state index contributed by atoms with van der Waals surface area (Å²) in [6.07, 6.45) is 1.84. The van der Waals surface area contributed by atoms with Gasteiger partial charge < -0.3 is 19.1 Å². The number of carbonyl (C=O) groups is 2. The molecular formula is C28H32N4O4. The number of aromatic nitrogens is 2. The van der Waals surface area contributed by atoms with Crippen molar-refractivity contribution in [2.45, 2.75) is 52.2 Å². The molecule has 8 nitrogen and oxygen atoms in total. The zero-order chi connectivity index (χ0) is 25.1. The maximum atomic E-state index is 13.2. The minimum Gasteiger partial charge on any atom is -0.484 e. The predicted octanol–water partition coefficient (Wildman–Crippen LogP) is 4.02. The van der Waals surface area contributed by atoms with E-state index < -0.39 is 0 Å². The maximum Gasteiger partial charge on any atom is 0.264 e. The number of benzene rings is 2. The minimum absolute atomic E-state index is 0.0518. The summed E-state index contributed by atoms with van der Waals surface area (Å²) >= 11 is 0. The number of aryl methyl sites for hydroxylation is 2. The van der Waals surface area contributed by atoms with Crippen LogP contribution in [0.15, 0.2) is 53.1 Å². The Morgan fingerprint density at radius 2 is 1.69 bits per heavy atom. The van der Waals surface area contributed by atoms with Gasteiger partial charge >= 0.3 is 0 Å². The van der Waals surface area contributed by atoms with Gasteiger partial charge in [0.05, 0.1) is 5.92 Å². The van der Waals surface area contributed by atoms with Crippen molar-refractivity contribution in [3.05, 3.63) is 76.9 Å². The van der Waals surface area contributed by atoms with Crippen LogP contribution in [0.1, 0.15) is 53.6 Å². The van der Waals surface area contributed by atoms with Gasteiger partial charge in [0.2, 0.25) is 11.8 Å². The Morgan fingerprint density at radius 1 is 1.03 bits per heavy atom. The summed E-state index contributed by atoms with van der Waals surface area (Å²) in [5, 5.41) is 4.16. The van der Waals surface area contributed by atoms with E-state index in [1.807, 2.05) is 67.3 Å². The fourth-order valence-corrected chi connectivity index (χ4v) is 4.89. The first-order valence-electron chi connectivity index (χ1n) is 12.6. The van der Waals surface area contributed by atoms with E-state index >= 15 is 0 Å². The van der Waals surface area contributed by atoms with Crippen LogP contribution < -0.4 is 4.74 Å². The van der Waals surface area contributed by atoms with Crippen molar-refractivity contribution in [2.24, 2.45) is 5.92 Å². The lowest BCUT2D eigenvalue weighted by Gasteiger charge is -2.32. The molecule has 5 rings (SSSR count). The van der Waals surface area contributed by atoms with Crippen LogP contribution in [-0.4, -0.2) is 51.4 Å². The SMILES string of the molecule is Cc1ccc(CN2CC(C(=O)N3CCC(c4noc(COc5ccc(C)cc5)n4)CC3)CC2=O)cc1. The maximum absolute atomic E-state index is 13.2. The summed E-state index contributed by atoms with van der Waals surface area (Å²) in [5.41, 5.74) is 3.45. The molecule has 2 aliphatic rings. The molecule has 2 fully saturated rings. The van der Waals surface area contributed by atoms with E-state index in [1.165, 1.54) is 11.1 Å². The number of piperidine rings is 1. The molecule has 2 saturated heterocycles. The standard InChI is InChI=1S/C28H32N4O4/c1-19-3-7-21(8-4-19)16-32-17-23(15-26(32)33)28(34)31-13-11-22(12-14-31)27-29-25(36-30-27)18-35-24-9-5-20(2)6-10-24/h3-10,22-23H,11-18H2,1-2H3. The third-order valence-corrected chi connectivity index (χ3v) is 7.10. The number of amides is 2. The number of nitrogens with zero attached hydrogens (tertiary/aromatic N) is 4. The molecule has 0 spiro atoms. The van der Waals surface area contributed by atoms with E-state index in [0.29, 0.717) is 44.3 Å². The average Bonchev–Trinajstić information content (AvgIpc) is 3.51.